The van der Waals surface area contributed by atoms with Crippen molar-refractivity contribution in [2.45, 2.75) is 41.7 Å². The van der Waals surface area contributed by atoms with E-state index in [4.69, 9.17) is 5.14 Å². The second kappa shape index (κ2) is 10.0. The van der Waals surface area contributed by atoms with Gasteiger partial charge < -0.3 is 4.90 Å². The second-order valence-corrected chi connectivity index (χ2v) is 12.5. The minimum Gasteiger partial charge on any atom is -0.356 e. The molecule has 1 aromatic heterocycles. The lowest BCUT2D eigenvalue weighted by Crippen LogP contribution is -2.32. The molecule has 0 spiro atoms. The topological polar surface area (TPSA) is 123 Å². The van der Waals surface area contributed by atoms with E-state index in [2.05, 4.69) is 9.97 Å². The number of hydrogen-bond acceptors (Lipinski definition) is 7. The first-order valence-electron chi connectivity index (χ1n) is 11.4. The van der Waals surface area contributed by atoms with Crippen molar-refractivity contribution in [2.75, 3.05) is 24.2 Å². The molecule has 0 atom stereocenters. The van der Waals surface area contributed by atoms with Gasteiger partial charge in [-0.15, -0.1) is 0 Å². The van der Waals surface area contributed by atoms with Crippen molar-refractivity contribution < 1.29 is 30.0 Å². The van der Waals surface area contributed by atoms with Crippen LogP contribution in [-0.2, 0) is 32.5 Å². The number of nitrogens with two attached hydrogens (primary N) is 1. The third-order valence-electron chi connectivity index (χ3n) is 6.06. The van der Waals surface area contributed by atoms with Crippen molar-refractivity contribution in [3.63, 3.8) is 0 Å². The van der Waals surface area contributed by atoms with Gasteiger partial charge >= 0.3 is 6.18 Å². The summed E-state index contributed by atoms with van der Waals surface area (Å²) in [5.74, 6) is -1.19. The smallest absolute Gasteiger partial charge is 0.356 e. The normalized spacial score (nSPS) is 15.1. The molecule has 1 saturated heterocycles. The van der Waals surface area contributed by atoms with Crippen LogP contribution in [0.25, 0.3) is 11.3 Å². The Morgan fingerprint density at radius 3 is 2.14 bits per heavy atom. The quantitative estimate of drug-likeness (QED) is 0.492. The molecule has 1 aliphatic heterocycles. The highest BCUT2D eigenvalue weighted by atomic mass is 32.2. The highest BCUT2D eigenvalue weighted by Gasteiger charge is 2.37. The van der Waals surface area contributed by atoms with Crippen LogP contribution in [0.5, 0.6) is 0 Å². The lowest BCUT2D eigenvalue weighted by atomic mass is 9.98. The Kier molecular flexibility index (Phi) is 7.32. The van der Waals surface area contributed by atoms with Gasteiger partial charge in [-0.3, -0.25) is 0 Å². The number of halogens is 3. The Bertz CT molecular complexity index is 1520. The predicted molar refractivity (Wildman–Crippen MR) is 132 cm³/mol. The van der Waals surface area contributed by atoms with Crippen molar-refractivity contribution >= 4 is 25.7 Å². The van der Waals surface area contributed by atoms with E-state index in [1.54, 1.807) is 11.0 Å². The molecule has 2 N–H and O–H groups in total. The number of alkyl halides is 3. The molecule has 0 bridgehead atoms. The first-order valence-corrected chi connectivity index (χ1v) is 14.8. The standard InChI is InChI=1S/C24H25F3N4O4S2/c1-36(32,33)18-10-8-17(9-11-18)21-20(15-16-6-5-7-19(14-16)37(28,34)35)22(31-12-3-2-4-13-31)30-23(29-21)24(25,26)27/h5-11,14H,2-4,12-13,15H2,1H3,(H2,28,34,35). The molecule has 1 aliphatic rings. The number of anilines is 1. The van der Waals surface area contributed by atoms with Gasteiger partial charge in [0.1, 0.15) is 5.82 Å². The maximum absolute atomic E-state index is 13.9. The van der Waals surface area contributed by atoms with Gasteiger partial charge in [0.15, 0.2) is 9.84 Å². The molecule has 2 heterocycles. The summed E-state index contributed by atoms with van der Waals surface area (Å²) in [6, 6.07) is 11.3. The van der Waals surface area contributed by atoms with E-state index in [1.807, 2.05) is 0 Å². The average Bonchev–Trinajstić information content (AvgIpc) is 2.83. The van der Waals surface area contributed by atoms with Crippen molar-refractivity contribution in [3.05, 3.63) is 65.5 Å². The Hall–Kier alpha value is -3.03. The number of nitrogens with zero attached hydrogens (tertiary/aromatic N) is 3. The Morgan fingerprint density at radius 2 is 1.57 bits per heavy atom. The highest BCUT2D eigenvalue weighted by molar-refractivity contribution is 7.90. The van der Waals surface area contributed by atoms with E-state index in [1.165, 1.54) is 42.5 Å². The Labute approximate surface area is 213 Å². The summed E-state index contributed by atoms with van der Waals surface area (Å²) in [6.45, 7) is 1.01. The van der Waals surface area contributed by atoms with Crippen LogP contribution in [0.3, 0.4) is 0 Å². The van der Waals surface area contributed by atoms with Gasteiger partial charge in [-0.1, -0.05) is 24.3 Å². The van der Waals surface area contributed by atoms with Crippen LogP contribution >= 0.6 is 0 Å². The van der Waals surface area contributed by atoms with Crippen molar-refractivity contribution in [1.29, 1.82) is 0 Å². The molecule has 8 nitrogen and oxygen atoms in total. The number of sulfone groups is 1. The molecule has 0 aliphatic carbocycles. The summed E-state index contributed by atoms with van der Waals surface area (Å²) in [4.78, 5) is 9.47. The zero-order valence-electron chi connectivity index (χ0n) is 19.9. The molecule has 0 unspecified atom stereocenters. The lowest BCUT2D eigenvalue weighted by Gasteiger charge is -2.31. The SMILES string of the molecule is CS(=O)(=O)c1ccc(-c2nc(C(F)(F)F)nc(N3CCCCC3)c2Cc2cccc(S(N)(=O)=O)c2)cc1. The Morgan fingerprint density at radius 1 is 0.919 bits per heavy atom. The van der Waals surface area contributed by atoms with Gasteiger partial charge in [-0.2, -0.15) is 13.2 Å². The van der Waals surface area contributed by atoms with Crippen LogP contribution < -0.4 is 10.0 Å². The average molecular weight is 555 g/mol. The van der Waals surface area contributed by atoms with Crippen LogP contribution in [-0.4, -0.2) is 46.1 Å². The first kappa shape index (κ1) is 27.0. The molecule has 0 amide bonds. The largest absolute Gasteiger partial charge is 0.451 e. The minimum atomic E-state index is -4.82. The van der Waals surface area contributed by atoms with Crippen LogP contribution in [0, 0.1) is 0 Å². The summed E-state index contributed by atoms with van der Waals surface area (Å²) in [5.41, 5.74) is 1.12. The van der Waals surface area contributed by atoms with Crippen LogP contribution in [0.1, 0.15) is 36.2 Å². The summed E-state index contributed by atoms with van der Waals surface area (Å²) in [5, 5.41) is 5.27. The molecule has 3 aromatic rings. The number of hydrogen-bond donors (Lipinski definition) is 1. The van der Waals surface area contributed by atoms with E-state index in [0.717, 1.165) is 25.5 Å². The molecule has 37 heavy (non-hydrogen) atoms. The number of benzene rings is 2. The van der Waals surface area contributed by atoms with Crippen LogP contribution in [0.2, 0.25) is 0 Å². The van der Waals surface area contributed by atoms with E-state index in [9.17, 15) is 30.0 Å². The van der Waals surface area contributed by atoms with Crippen molar-refractivity contribution in [1.82, 2.24) is 9.97 Å². The van der Waals surface area contributed by atoms with Crippen LogP contribution in [0.15, 0.2) is 58.3 Å². The molecule has 2 aromatic carbocycles. The monoisotopic (exact) mass is 554 g/mol. The molecule has 1 fully saturated rings. The number of rotatable bonds is 6. The van der Waals surface area contributed by atoms with E-state index in [0.29, 0.717) is 24.2 Å². The third-order valence-corrected chi connectivity index (χ3v) is 8.10. The van der Waals surface area contributed by atoms with Gasteiger partial charge in [-0.25, -0.2) is 31.9 Å². The zero-order chi connectivity index (χ0) is 27.0. The number of piperidine rings is 1. The summed E-state index contributed by atoms with van der Waals surface area (Å²) in [7, 11) is -7.53. The zero-order valence-corrected chi connectivity index (χ0v) is 21.5. The maximum atomic E-state index is 13.9. The number of sulfonamides is 1. The molecule has 13 heteroatoms. The number of aromatic nitrogens is 2. The van der Waals surface area contributed by atoms with Gasteiger partial charge in [0.05, 0.1) is 15.5 Å². The fourth-order valence-electron chi connectivity index (χ4n) is 4.26. The molecule has 0 radical (unpaired) electrons. The summed E-state index contributed by atoms with van der Waals surface area (Å²) < 4.78 is 89.2. The molecule has 4 rings (SSSR count). The van der Waals surface area contributed by atoms with E-state index >= 15 is 0 Å². The van der Waals surface area contributed by atoms with Gasteiger partial charge in [0.25, 0.3) is 0 Å². The third kappa shape index (κ3) is 6.28. The predicted octanol–water partition coefficient (Wildman–Crippen LogP) is 3.79. The van der Waals surface area contributed by atoms with E-state index in [-0.39, 0.29) is 33.3 Å². The fraction of sp³-hybridized carbons (Fsp3) is 0.333. The highest BCUT2D eigenvalue weighted by Crippen LogP contribution is 2.37. The van der Waals surface area contributed by atoms with Crippen molar-refractivity contribution in [2.24, 2.45) is 5.14 Å². The second-order valence-electron chi connectivity index (χ2n) is 8.91. The summed E-state index contributed by atoms with van der Waals surface area (Å²) >= 11 is 0. The molecule has 0 saturated carbocycles. The lowest BCUT2D eigenvalue weighted by molar-refractivity contribution is -0.144. The molecule has 198 valence electrons. The fourth-order valence-corrected chi connectivity index (χ4v) is 5.48. The first-order chi connectivity index (χ1) is 17.2. The van der Waals surface area contributed by atoms with Gasteiger partial charge in [-0.05, 0) is 49.1 Å². The minimum absolute atomic E-state index is 0.0102. The molecular weight excluding hydrogens is 529 g/mol. The molecular formula is C24H25F3N4O4S2. The Balaban J connectivity index is 1.95. The van der Waals surface area contributed by atoms with Crippen LogP contribution in [0.4, 0.5) is 19.0 Å². The van der Waals surface area contributed by atoms with Crippen molar-refractivity contribution in [3.8, 4) is 11.3 Å². The number of primary sulfonamides is 1. The maximum Gasteiger partial charge on any atom is 0.451 e. The summed E-state index contributed by atoms with van der Waals surface area (Å²) in [6.07, 6.45) is -1.26. The van der Waals surface area contributed by atoms with E-state index < -0.39 is 31.9 Å². The van der Waals surface area contributed by atoms with Gasteiger partial charge in [0.2, 0.25) is 15.8 Å². The van der Waals surface area contributed by atoms with Gasteiger partial charge in [0, 0.05) is 36.9 Å².